The minimum absolute atomic E-state index is 0.00612. The first kappa shape index (κ1) is 22.1. The highest BCUT2D eigenvalue weighted by Gasteiger charge is 2.27. The molecule has 30 heavy (non-hydrogen) atoms. The van der Waals surface area contributed by atoms with Crippen LogP contribution in [0.15, 0.2) is 30.3 Å². The number of ketones is 1. The summed E-state index contributed by atoms with van der Waals surface area (Å²) in [6, 6.07) is 9.12. The van der Waals surface area contributed by atoms with E-state index in [0.717, 1.165) is 31.2 Å². The lowest BCUT2D eigenvalue weighted by Crippen LogP contribution is -2.40. The Morgan fingerprint density at radius 2 is 1.87 bits per heavy atom. The number of nitrogens with zero attached hydrogens (tertiary/aromatic N) is 1. The van der Waals surface area contributed by atoms with Crippen molar-refractivity contribution in [3.8, 4) is 0 Å². The monoisotopic (exact) mass is 429 g/mol. The standard InChI is InChI=1S/C22H27N3O4S/c1-29-12-11-25(13-18(23)26)14-19(27)24-22-20(16-9-5-6-10-17(16)30-22)21(28)15-7-3-2-4-8-15/h2-4,7-8H,5-6,9-14H2,1H3,(H2,23,26)(H,24,27). The first-order valence-corrected chi connectivity index (χ1v) is 10.8. The van der Waals surface area contributed by atoms with E-state index in [1.54, 1.807) is 24.1 Å². The van der Waals surface area contributed by atoms with Crippen LogP contribution in [0.5, 0.6) is 0 Å². The number of ether oxygens (including phenoxy) is 1. The van der Waals surface area contributed by atoms with Crippen LogP contribution in [0.25, 0.3) is 0 Å². The van der Waals surface area contributed by atoms with E-state index in [9.17, 15) is 14.4 Å². The summed E-state index contributed by atoms with van der Waals surface area (Å²) >= 11 is 1.48. The van der Waals surface area contributed by atoms with Gasteiger partial charge in [-0.1, -0.05) is 30.3 Å². The highest BCUT2D eigenvalue weighted by molar-refractivity contribution is 7.17. The molecule has 2 amide bonds. The van der Waals surface area contributed by atoms with Gasteiger partial charge in [0.2, 0.25) is 11.8 Å². The van der Waals surface area contributed by atoms with E-state index < -0.39 is 5.91 Å². The van der Waals surface area contributed by atoms with Gasteiger partial charge in [0.05, 0.1) is 25.3 Å². The maximum Gasteiger partial charge on any atom is 0.239 e. The highest BCUT2D eigenvalue weighted by atomic mass is 32.1. The Labute approximate surface area is 180 Å². The van der Waals surface area contributed by atoms with Gasteiger partial charge in [0.1, 0.15) is 5.00 Å². The third-order valence-corrected chi connectivity index (χ3v) is 6.25. The minimum atomic E-state index is -0.509. The number of carbonyl (C=O) groups excluding carboxylic acids is 3. The number of anilines is 1. The average molecular weight is 430 g/mol. The number of aryl methyl sites for hydroxylation is 1. The van der Waals surface area contributed by atoms with Gasteiger partial charge >= 0.3 is 0 Å². The number of hydrogen-bond donors (Lipinski definition) is 2. The number of hydrogen-bond acceptors (Lipinski definition) is 6. The minimum Gasteiger partial charge on any atom is -0.383 e. The molecule has 1 aromatic carbocycles. The number of thiophene rings is 1. The van der Waals surface area contributed by atoms with Gasteiger partial charge in [0, 0.05) is 24.1 Å². The lowest BCUT2D eigenvalue weighted by molar-refractivity contribution is -0.121. The van der Waals surface area contributed by atoms with Gasteiger partial charge in [0.15, 0.2) is 5.78 Å². The van der Waals surface area contributed by atoms with E-state index in [2.05, 4.69) is 5.32 Å². The number of methoxy groups -OCH3 is 1. The first-order chi connectivity index (χ1) is 14.5. The Morgan fingerprint density at radius 3 is 2.57 bits per heavy atom. The molecular formula is C22H27N3O4S. The van der Waals surface area contributed by atoms with Gasteiger partial charge in [0.25, 0.3) is 0 Å². The third-order valence-electron chi connectivity index (χ3n) is 5.05. The average Bonchev–Trinajstić information content (AvgIpc) is 3.09. The number of primary amides is 1. The lowest BCUT2D eigenvalue weighted by Gasteiger charge is -2.19. The smallest absolute Gasteiger partial charge is 0.239 e. The Morgan fingerprint density at radius 1 is 1.13 bits per heavy atom. The van der Waals surface area contributed by atoms with Crippen LogP contribution >= 0.6 is 11.3 Å². The van der Waals surface area contributed by atoms with Crippen molar-refractivity contribution in [2.45, 2.75) is 25.7 Å². The molecule has 7 nitrogen and oxygen atoms in total. The van der Waals surface area contributed by atoms with E-state index >= 15 is 0 Å². The summed E-state index contributed by atoms with van der Waals surface area (Å²) < 4.78 is 5.04. The second kappa shape index (κ2) is 10.5. The Kier molecular flexibility index (Phi) is 7.73. The molecule has 0 radical (unpaired) electrons. The van der Waals surface area contributed by atoms with Crippen LogP contribution in [0.1, 0.15) is 39.2 Å². The van der Waals surface area contributed by atoms with E-state index in [1.807, 2.05) is 18.2 Å². The zero-order valence-electron chi connectivity index (χ0n) is 17.1. The van der Waals surface area contributed by atoms with Crippen molar-refractivity contribution in [1.82, 2.24) is 4.90 Å². The second-order valence-corrected chi connectivity index (χ2v) is 8.43. The van der Waals surface area contributed by atoms with Crippen molar-refractivity contribution >= 4 is 33.9 Å². The van der Waals surface area contributed by atoms with Crippen molar-refractivity contribution < 1.29 is 19.1 Å². The molecule has 0 saturated carbocycles. The van der Waals surface area contributed by atoms with Crippen molar-refractivity contribution in [3.05, 3.63) is 51.9 Å². The van der Waals surface area contributed by atoms with Crippen LogP contribution in [-0.2, 0) is 27.2 Å². The van der Waals surface area contributed by atoms with E-state index in [1.165, 1.54) is 16.2 Å². The Balaban J connectivity index is 1.83. The normalized spacial score (nSPS) is 13.1. The van der Waals surface area contributed by atoms with Crippen molar-refractivity contribution in [1.29, 1.82) is 0 Å². The zero-order chi connectivity index (χ0) is 21.5. The van der Waals surface area contributed by atoms with Gasteiger partial charge in [-0.3, -0.25) is 19.3 Å². The molecular weight excluding hydrogens is 402 g/mol. The van der Waals surface area contributed by atoms with Gasteiger partial charge in [-0.25, -0.2) is 0 Å². The number of rotatable bonds is 10. The maximum absolute atomic E-state index is 13.3. The van der Waals surface area contributed by atoms with Crippen LogP contribution < -0.4 is 11.1 Å². The summed E-state index contributed by atoms with van der Waals surface area (Å²) in [5, 5.41) is 3.51. The molecule has 160 valence electrons. The topological polar surface area (TPSA) is 102 Å². The molecule has 1 aromatic heterocycles. The van der Waals surface area contributed by atoms with Crippen LogP contribution in [0, 0.1) is 0 Å². The van der Waals surface area contributed by atoms with Gasteiger partial charge < -0.3 is 15.8 Å². The van der Waals surface area contributed by atoms with Gasteiger partial charge in [-0.15, -0.1) is 11.3 Å². The van der Waals surface area contributed by atoms with E-state index in [-0.39, 0.29) is 24.8 Å². The molecule has 0 bridgehead atoms. The number of amides is 2. The summed E-state index contributed by atoms with van der Waals surface area (Å²) in [4.78, 5) is 40.1. The number of benzene rings is 1. The molecule has 1 heterocycles. The fourth-order valence-electron chi connectivity index (χ4n) is 3.65. The predicted octanol–water partition coefficient (Wildman–Crippen LogP) is 2.23. The molecule has 1 aliphatic rings. The van der Waals surface area contributed by atoms with Crippen molar-refractivity contribution in [3.63, 3.8) is 0 Å². The fourth-order valence-corrected chi connectivity index (χ4v) is 4.95. The van der Waals surface area contributed by atoms with Gasteiger partial charge in [-0.2, -0.15) is 0 Å². The molecule has 0 atom stereocenters. The van der Waals surface area contributed by atoms with Crippen LogP contribution in [0.3, 0.4) is 0 Å². The summed E-state index contributed by atoms with van der Waals surface area (Å²) in [5.74, 6) is -0.864. The second-order valence-electron chi connectivity index (χ2n) is 7.33. The summed E-state index contributed by atoms with van der Waals surface area (Å²) in [7, 11) is 1.56. The van der Waals surface area contributed by atoms with E-state index in [4.69, 9.17) is 10.5 Å². The molecule has 3 rings (SSSR count). The predicted molar refractivity (Wildman–Crippen MR) is 117 cm³/mol. The molecule has 0 spiro atoms. The van der Waals surface area contributed by atoms with Crippen molar-refractivity contribution in [2.75, 3.05) is 38.7 Å². The lowest BCUT2D eigenvalue weighted by atomic mass is 9.92. The maximum atomic E-state index is 13.3. The molecule has 0 unspecified atom stereocenters. The summed E-state index contributed by atoms with van der Waals surface area (Å²) in [6.07, 6.45) is 3.89. The van der Waals surface area contributed by atoms with Gasteiger partial charge in [-0.05, 0) is 31.2 Å². The molecule has 0 saturated heterocycles. The molecule has 0 fully saturated rings. The molecule has 8 heteroatoms. The molecule has 0 aliphatic heterocycles. The Hall–Kier alpha value is -2.55. The number of fused-ring (bicyclic) bond motifs is 1. The Bertz CT molecular complexity index is 911. The van der Waals surface area contributed by atoms with Crippen LogP contribution in [0.4, 0.5) is 5.00 Å². The molecule has 1 aliphatic carbocycles. The van der Waals surface area contributed by atoms with Crippen molar-refractivity contribution in [2.24, 2.45) is 5.73 Å². The molecule has 2 aromatic rings. The highest BCUT2D eigenvalue weighted by Crippen LogP contribution is 2.39. The first-order valence-electron chi connectivity index (χ1n) is 10.0. The number of carbonyl (C=O) groups is 3. The summed E-state index contributed by atoms with van der Waals surface area (Å²) in [5.41, 5.74) is 7.56. The largest absolute Gasteiger partial charge is 0.383 e. The van der Waals surface area contributed by atoms with Crippen LogP contribution in [0.2, 0.25) is 0 Å². The summed E-state index contributed by atoms with van der Waals surface area (Å²) in [6.45, 7) is 0.747. The quantitative estimate of drug-likeness (QED) is 0.564. The van der Waals surface area contributed by atoms with E-state index in [0.29, 0.717) is 29.3 Å². The SMILES string of the molecule is COCCN(CC(N)=O)CC(=O)Nc1sc2c(c1C(=O)c1ccccc1)CCCC2. The zero-order valence-corrected chi connectivity index (χ0v) is 17.9. The molecule has 3 N–H and O–H groups in total. The number of nitrogens with two attached hydrogens (primary N) is 1. The number of nitrogens with one attached hydrogen (secondary N) is 1. The third kappa shape index (κ3) is 5.53. The van der Waals surface area contributed by atoms with Crippen LogP contribution in [-0.4, -0.2) is 55.8 Å². The fraction of sp³-hybridized carbons (Fsp3) is 0.409.